The summed E-state index contributed by atoms with van der Waals surface area (Å²) in [6.07, 6.45) is 0. The summed E-state index contributed by atoms with van der Waals surface area (Å²) in [6.45, 7) is 2.95. The molecule has 0 aromatic carbocycles. The number of piperazine rings is 1. The number of hydrogen-bond acceptors (Lipinski definition) is 4. The van der Waals surface area contributed by atoms with E-state index >= 15 is 0 Å². The number of rotatable bonds is 2. The van der Waals surface area contributed by atoms with E-state index in [0.717, 1.165) is 13.1 Å². The van der Waals surface area contributed by atoms with E-state index in [1.165, 1.54) is 5.06 Å². The molecule has 0 amide bonds. The van der Waals surface area contributed by atoms with Gasteiger partial charge in [0.2, 0.25) is 0 Å². The molecular formula is C4H10N2O3P+. The largest absolute Gasteiger partial charge is 0.713 e. The molecule has 0 radical (unpaired) electrons. The first-order valence-electron chi connectivity index (χ1n) is 3.09. The van der Waals surface area contributed by atoms with Crippen molar-refractivity contribution in [3.05, 3.63) is 0 Å². The summed E-state index contributed by atoms with van der Waals surface area (Å²) in [5.41, 5.74) is 0. The quantitative estimate of drug-likeness (QED) is 0.539. The second kappa shape index (κ2) is 3.95. The molecule has 58 valence electrons. The van der Waals surface area contributed by atoms with Crippen molar-refractivity contribution < 1.29 is 14.1 Å². The first-order valence-corrected chi connectivity index (χ1v) is 4.22. The fraction of sp³-hybridized carbons (Fsp3) is 1.00. The highest BCUT2D eigenvalue weighted by molar-refractivity contribution is 7.32. The van der Waals surface area contributed by atoms with Crippen LogP contribution in [0.25, 0.3) is 0 Å². The van der Waals surface area contributed by atoms with E-state index in [1.807, 2.05) is 0 Å². The Balaban J connectivity index is 2.19. The average molecular weight is 165 g/mol. The van der Waals surface area contributed by atoms with E-state index in [9.17, 15) is 4.57 Å². The Morgan fingerprint density at radius 1 is 1.50 bits per heavy atom. The predicted octanol–water partition coefficient (Wildman–Crippen LogP) is -0.527. The number of hydroxylamine groups is 2. The molecule has 0 bridgehead atoms. The normalized spacial score (nSPS) is 22.7. The SMILES string of the molecule is O=[P+](O)ON1CCNCC1. The topological polar surface area (TPSA) is 61.8 Å². The van der Waals surface area contributed by atoms with Crippen LogP contribution in [0, 0.1) is 0 Å². The van der Waals surface area contributed by atoms with Crippen LogP contribution in [-0.2, 0) is 9.19 Å². The van der Waals surface area contributed by atoms with Crippen LogP contribution in [0.3, 0.4) is 0 Å². The van der Waals surface area contributed by atoms with Crippen molar-refractivity contribution >= 4 is 8.25 Å². The van der Waals surface area contributed by atoms with Gasteiger partial charge in [-0.15, -0.1) is 9.96 Å². The maximum absolute atomic E-state index is 10.1. The minimum absolute atomic E-state index is 0.668. The molecule has 0 spiro atoms. The molecule has 6 heteroatoms. The fourth-order valence-corrected chi connectivity index (χ4v) is 1.19. The Morgan fingerprint density at radius 3 is 2.60 bits per heavy atom. The van der Waals surface area contributed by atoms with Gasteiger partial charge in [0.1, 0.15) is 0 Å². The van der Waals surface area contributed by atoms with E-state index in [0.29, 0.717) is 13.1 Å². The molecule has 0 aliphatic carbocycles. The van der Waals surface area contributed by atoms with Crippen molar-refractivity contribution in [2.45, 2.75) is 0 Å². The van der Waals surface area contributed by atoms with Crippen LogP contribution in [0.15, 0.2) is 0 Å². The zero-order valence-electron chi connectivity index (χ0n) is 5.49. The van der Waals surface area contributed by atoms with Crippen molar-refractivity contribution in [3.63, 3.8) is 0 Å². The maximum atomic E-state index is 10.1. The van der Waals surface area contributed by atoms with Crippen LogP contribution in [0.2, 0.25) is 0 Å². The molecule has 1 unspecified atom stereocenters. The van der Waals surface area contributed by atoms with Crippen LogP contribution >= 0.6 is 8.25 Å². The summed E-state index contributed by atoms with van der Waals surface area (Å²) in [7, 11) is -2.48. The van der Waals surface area contributed by atoms with Gasteiger partial charge in [0, 0.05) is 30.7 Å². The lowest BCUT2D eigenvalue weighted by atomic mass is 10.4. The number of nitrogens with one attached hydrogen (secondary N) is 1. The first kappa shape index (κ1) is 8.04. The summed E-state index contributed by atoms with van der Waals surface area (Å²) in [4.78, 5) is 8.33. The minimum atomic E-state index is -2.48. The smallest absolute Gasteiger partial charge is 0.314 e. The van der Waals surface area contributed by atoms with Gasteiger partial charge in [0.25, 0.3) is 0 Å². The summed E-state index contributed by atoms with van der Waals surface area (Å²) in [5, 5.41) is 4.59. The van der Waals surface area contributed by atoms with Gasteiger partial charge in [0.15, 0.2) is 0 Å². The second-order valence-electron chi connectivity index (χ2n) is 2.00. The summed E-state index contributed by atoms with van der Waals surface area (Å²) in [5.74, 6) is 0. The third-order valence-electron chi connectivity index (χ3n) is 1.26. The standard InChI is InChI=1S/C4H9N2O3P/c7-10(8)9-6-3-1-5-2-4-6/h5H,1-4H2/p+1. The number of hydrogen-bond donors (Lipinski definition) is 2. The van der Waals surface area contributed by atoms with Crippen molar-refractivity contribution in [2.24, 2.45) is 0 Å². The molecule has 1 aliphatic heterocycles. The fourth-order valence-electron chi connectivity index (χ4n) is 0.825. The predicted molar refractivity (Wildman–Crippen MR) is 35.4 cm³/mol. The molecule has 1 heterocycles. The maximum Gasteiger partial charge on any atom is 0.713 e. The Bertz CT molecular complexity index is 126. The van der Waals surface area contributed by atoms with Gasteiger partial charge >= 0.3 is 8.25 Å². The molecule has 0 aromatic heterocycles. The van der Waals surface area contributed by atoms with Crippen molar-refractivity contribution in [2.75, 3.05) is 26.2 Å². The van der Waals surface area contributed by atoms with Crippen molar-refractivity contribution in [1.29, 1.82) is 0 Å². The first-order chi connectivity index (χ1) is 4.79. The molecule has 1 saturated heterocycles. The molecule has 1 fully saturated rings. The number of nitrogens with zero attached hydrogens (tertiary/aromatic N) is 1. The van der Waals surface area contributed by atoms with Crippen LogP contribution in [0.4, 0.5) is 0 Å². The lowest BCUT2D eigenvalue weighted by Crippen LogP contribution is -2.42. The van der Waals surface area contributed by atoms with Crippen molar-refractivity contribution in [3.8, 4) is 0 Å². The third-order valence-corrected chi connectivity index (χ3v) is 1.63. The zero-order valence-corrected chi connectivity index (χ0v) is 6.38. The molecule has 5 nitrogen and oxygen atoms in total. The highest BCUT2D eigenvalue weighted by atomic mass is 31.1. The van der Waals surface area contributed by atoms with E-state index < -0.39 is 8.25 Å². The van der Waals surface area contributed by atoms with Gasteiger partial charge in [-0.3, -0.25) is 0 Å². The van der Waals surface area contributed by atoms with Crippen molar-refractivity contribution in [1.82, 2.24) is 10.4 Å². The summed E-state index contributed by atoms with van der Waals surface area (Å²) >= 11 is 0. The highest BCUT2D eigenvalue weighted by Crippen LogP contribution is 2.17. The van der Waals surface area contributed by atoms with Gasteiger partial charge in [-0.2, -0.15) is 0 Å². The van der Waals surface area contributed by atoms with Crippen LogP contribution in [0.1, 0.15) is 0 Å². The molecule has 1 aliphatic rings. The lowest BCUT2D eigenvalue weighted by molar-refractivity contribution is -0.0678. The van der Waals surface area contributed by atoms with Gasteiger partial charge in [-0.05, 0) is 4.62 Å². The molecule has 10 heavy (non-hydrogen) atoms. The van der Waals surface area contributed by atoms with E-state index in [2.05, 4.69) is 9.94 Å². The average Bonchev–Trinajstić information content (AvgIpc) is 1.88. The Labute approximate surface area is 59.9 Å². The second-order valence-corrected chi connectivity index (χ2v) is 2.64. The summed E-state index contributed by atoms with van der Waals surface area (Å²) < 4.78 is 14.7. The van der Waals surface area contributed by atoms with Crippen LogP contribution in [0.5, 0.6) is 0 Å². The summed E-state index contributed by atoms with van der Waals surface area (Å²) in [6, 6.07) is 0. The monoisotopic (exact) mass is 165 g/mol. The Morgan fingerprint density at radius 2 is 2.10 bits per heavy atom. The molecule has 0 saturated carbocycles. The van der Waals surface area contributed by atoms with Gasteiger partial charge < -0.3 is 5.32 Å². The van der Waals surface area contributed by atoms with Gasteiger partial charge in [-0.1, -0.05) is 0 Å². The lowest BCUT2D eigenvalue weighted by Gasteiger charge is -2.19. The molecule has 1 rings (SSSR count). The zero-order chi connectivity index (χ0) is 7.40. The third kappa shape index (κ3) is 2.68. The highest BCUT2D eigenvalue weighted by Gasteiger charge is 2.21. The Kier molecular flexibility index (Phi) is 3.18. The Hall–Kier alpha value is -0.0600. The van der Waals surface area contributed by atoms with E-state index in [-0.39, 0.29) is 0 Å². The van der Waals surface area contributed by atoms with E-state index in [1.54, 1.807) is 0 Å². The van der Waals surface area contributed by atoms with E-state index in [4.69, 9.17) is 4.89 Å². The van der Waals surface area contributed by atoms with Gasteiger partial charge in [0.05, 0.1) is 0 Å². The molecule has 2 N–H and O–H groups in total. The molecular weight excluding hydrogens is 155 g/mol. The minimum Gasteiger partial charge on any atom is -0.314 e. The van der Waals surface area contributed by atoms with Gasteiger partial charge in [-0.25, -0.2) is 0 Å². The van der Waals surface area contributed by atoms with Crippen LogP contribution < -0.4 is 5.32 Å². The molecule has 1 atom stereocenters. The molecule has 0 aromatic rings. The van der Waals surface area contributed by atoms with Crippen LogP contribution in [-0.4, -0.2) is 36.1 Å².